The first kappa shape index (κ1) is 38.6. The van der Waals surface area contributed by atoms with E-state index in [4.69, 9.17) is 34.2 Å². The van der Waals surface area contributed by atoms with Crippen LogP contribution in [0.1, 0.15) is 39.4 Å². The summed E-state index contributed by atoms with van der Waals surface area (Å²) in [6.07, 6.45) is -2.32. The normalized spacial score (nSPS) is 16.6. The Hall–Kier alpha value is -5.60. The molecule has 0 bridgehead atoms. The van der Waals surface area contributed by atoms with Gasteiger partial charge in [0.25, 0.3) is 0 Å². The van der Waals surface area contributed by atoms with E-state index in [1.54, 1.807) is 6.20 Å². The van der Waals surface area contributed by atoms with Gasteiger partial charge in [-0.2, -0.15) is 0 Å². The molecule has 0 aliphatic carbocycles. The minimum absolute atomic E-state index is 0.0522. The van der Waals surface area contributed by atoms with E-state index in [0.29, 0.717) is 64.4 Å². The van der Waals surface area contributed by atoms with E-state index in [0.717, 1.165) is 30.3 Å². The maximum Gasteiger partial charge on any atom is 0.338 e. The predicted octanol–water partition coefficient (Wildman–Crippen LogP) is 2.02. The highest BCUT2D eigenvalue weighted by atomic mass is 19.1. The zero-order valence-electron chi connectivity index (χ0n) is 28.1. The number of ether oxygens (including phenoxy) is 6. The van der Waals surface area contributed by atoms with Crippen molar-refractivity contribution in [3.8, 4) is 46.0 Å². The van der Waals surface area contributed by atoms with Gasteiger partial charge in [0.05, 0.1) is 69.6 Å². The van der Waals surface area contributed by atoms with Crippen LogP contribution in [0.4, 0.5) is 4.39 Å². The van der Waals surface area contributed by atoms with E-state index in [1.807, 2.05) is 0 Å². The minimum Gasteiger partial charge on any atom is -0.508 e. The van der Waals surface area contributed by atoms with Crippen LogP contribution in [-0.4, -0.2) is 116 Å². The molecule has 5 rings (SSSR count). The number of halogens is 1. The molecule has 0 amide bonds. The van der Waals surface area contributed by atoms with Crippen LogP contribution in [0.25, 0.3) is 0 Å². The second-order valence-electron chi connectivity index (χ2n) is 11.7. The van der Waals surface area contributed by atoms with Gasteiger partial charge in [-0.1, -0.05) is 5.21 Å². The highest BCUT2D eigenvalue weighted by Gasteiger charge is 2.45. The lowest BCUT2D eigenvalue weighted by Gasteiger charge is -2.39. The second-order valence-corrected chi connectivity index (χ2v) is 11.7. The van der Waals surface area contributed by atoms with E-state index in [9.17, 15) is 44.9 Å². The summed E-state index contributed by atoms with van der Waals surface area (Å²) in [5.74, 6) is -7.98. The van der Waals surface area contributed by atoms with Gasteiger partial charge in [-0.15, -0.1) is 5.10 Å². The van der Waals surface area contributed by atoms with Crippen molar-refractivity contribution in [3.05, 3.63) is 70.8 Å². The molecule has 9 N–H and O–H groups in total. The predicted molar refractivity (Wildman–Crippen MR) is 177 cm³/mol. The maximum absolute atomic E-state index is 14.3. The second kappa shape index (κ2) is 17.8. The number of esters is 1. The van der Waals surface area contributed by atoms with Crippen LogP contribution in [0.2, 0.25) is 0 Å². The SMILES string of the molecule is NCCOCCOCCOCCc1cn(CCOC2c3c(O)cc(O)cc3OC(c3cc(O)c(O)c(O)c3)C2OC(=O)c2cc(O)c(O)c(F)c2)nn1. The standard InChI is InChI=1S/C34H39FN4O14/c35-22-11-19(14-24(42)29(22)45)34(47)53-33-31(18-12-25(43)30(46)26(44)13-18)52-27-16-21(40)15-23(41)28(27)32(33)51-6-3-39-17-20(37-38-39)1-4-48-7-9-50-10-8-49-5-2-36/h11-17,31-33,40-46H,1-10,36H2. The number of phenols is 7. The lowest BCUT2D eigenvalue weighted by atomic mass is 9.90. The van der Waals surface area contributed by atoms with Crippen LogP contribution < -0.4 is 10.5 Å². The number of aromatic nitrogens is 3. The minimum atomic E-state index is -1.58. The Morgan fingerprint density at radius 1 is 0.811 bits per heavy atom. The number of aromatic hydroxyl groups is 7. The molecule has 2 heterocycles. The third-order valence-electron chi connectivity index (χ3n) is 7.90. The molecule has 3 aromatic carbocycles. The highest BCUT2D eigenvalue weighted by molar-refractivity contribution is 5.90. The number of hydrogen-bond donors (Lipinski definition) is 8. The smallest absolute Gasteiger partial charge is 0.338 e. The number of hydrogen-bond acceptors (Lipinski definition) is 17. The summed E-state index contributed by atoms with van der Waals surface area (Å²) >= 11 is 0. The molecule has 3 atom stereocenters. The molecule has 53 heavy (non-hydrogen) atoms. The monoisotopic (exact) mass is 746 g/mol. The average Bonchev–Trinajstić information content (AvgIpc) is 3.57. The van der Waals surface area contributed by atoms with Gasteiger partial charge in [0, 0.05) is 36.9 Å². The Balaban J connectivity index is 1.33. The van der Waals surface area contributed by atoms with E-state index in [-0.39, 0.29) is 30.0 Å². The number of rotatable bonds is 18. The number of carbonyl (C=O) groups is 1. The molecule has 4 aromatic rings. The number of phenolic OH excluding ortho intramolecular Hbond substituents is 7. The van der Waals surface area contributed by atoms with Crippen LogP contribution in [0.15, 0.2) is 42.6 Å². The fraction of sp³-hybridized carbons (Fsp3) is 0.382. The molecule has 19 heteroatoms. The Labute approximate surface area is 300 Å². The quantitative estimate of drug-likeness (QED) is 0.0411. The third-order valence-corrected chi connectivity index (χ3v) is 7.90. The van der Waals surface area contributed by atoms with Gasteiger partial charge < -0.3 is 69.9 Å². The fourth-order valence-corrected chi connectivity index (χ4v) is 5.39. The number of carbonyl (C=O) groups excluding carboxylic acids is 1. The molecule has 1 aromatic heterocycles. The van der Waals surface area contributed by atoms with E-state index in [1.165, 1.54) is 4.68 Å². The molecule has 1 aliphatic rings. The van der Waals surface area contributed by atoms with Crippen LogP contribution in [-0.2, 0) is 36.6 Å². The zero-order valence-corrected chi connectivity index (χ0v) is 28.1. The lowest BCUT2D eigenvalue weighted by molar-refractivity contribution is -0.112. The zero-order chi connectivity index (χ0) is 38.1. The Bertz CT molecular complexity index is 1830. The molecule has 0 saturated carbocycles. The van der Waals surface area contributed by atoms with Gasteiger partial charge in [0.15, 0.2) is 46.8 Å². The van der Waals surface area contributed by atoms with E-state index < -0.39 is 75.9 Å². The third kappa shape index (κ3) is 9.64. The summed E-state index contributed by atoms with van der Waals surface area (Å²) in [5, 5.41) is 79.5. The first-order valence-electron chi connectivity index (χ1n) is 16.3. The van der Waals surface area contributed by atoms with Crippen molar-refractivity contribution in [1.29, 1.82) is 0 Å². The van der Waals surface area contributed by atoms with Crippen LogP contribution in [0.5, 0.6) is 46.0 Å². The lowest BCUT2D eigenvalue weighted by Crippen LogP contribution is -2.40. The Morgan fingerprint density at radius 2 is 1.47 bits per heavy atom. The Morgan fingerprint density at radius 3 is 2.15 bits per heavy atom. The molecular formula is C34H39FN4O14. The molecule has 0 fully saturated rings. The molecule has 0 saturated heterocycles. The van der Waals surface area contributed by atoms with Crippen LogP contribution in [0.3, 0.4) is 0 Å². The van der Waals surface area contributed by atoms with Crippen molar-refractivity contribution in [2.45, 2.75) is 31.3 Å². The summed E-state index contributed by atoms with van der Waals surface area (Å²) in [6.45, 7) is 2.87. The molecule has 1 aliphatic heterocycles. The number of benzene rings is 3. The first-order valence-corrected chi connectivity index (χ1v) is 16.3. The largest absolute Gasteiger partial charge is 0.508 e. The molecule has 286 valence electrons. The average molecular weight is 747 g/mol. The molecular weight excluding hydrogens is 707 g/mol. The highest BCUT2D eigenvalue weighted by Crippen LogP contribution is 2.51. The molecule has 0 radical (unpaired) electrons. The van der Waals surface area contributed by atoms with Crippen molar-refractivity contribution in [2.24, 2.45) is 5.73 Å². The van der Waals surface area contributed by atoms with Gasteiger partial charge in [0.2, 0.25) is 0 Å². The maximum atomic E-state index is 14.3. The molecule has 0 spiro atoms. The summed E-state index contributed by atoms with van der Waals surface area (Å²) in [5.41, 5.74) is 5.34. The number of nitrogens with two attached hydrogens (primary N) is 1. The molecule has 3 unspecified atom stereocenters. The topological polar surface area (TPSA) is 271 Å². The van der Waals surface area contributed by atoms with Crippen molar-refractivity contribution in [1.82, 2.24) is 15.0 Å². The van der Waals surface area contributed by atoms with Crippen molar-refractivity contribution in [3.63, 3.8) is 0 Å². The van der Waals surface area contributed by atoms with Gasteiger partial charge in [-0.25, -0.2) is 13.9 Å². The van der Waals surface area contributed by atoms with Gasteiger partial charge in [-0.05, 0) is 24.3 Å². The Kier molecular flexibility index (Phi) is 12.9. The van der Waals surface area contributed by atoms with Crippen molar-refractivity contribution >= 4 is 5.97 Å². The first-order chi connectivity index (χ1) is 25.5. The summed E-state index contributed by atoms with van der Waals surface area (Å²) in [7, 11) is 0. The van der Waals surface area contributed by atoms with Gasteiger partial charge in [-0.3, -0.25) is 0 Å². The number of nitrogens with zero attached hydrogens (tertiary/aromatic N) is 3. The number of fused-ring (bicyclic) bond motifs is 1. The van der Waals surface area contributed by atoms with Gasteiger partial charge >= 0.3 is 5.97 Å². The van der Waals surface area contributed by atoms with Gasteiger partial charge in [0.1, 0.15) is 23.4 Å². The summed E-state index contributed by atoms with van der Waals surface area (Å²) in [6, 6.07) is 5.57. The summed E-state index contributed by atoms with van der Waals surface area (Å²) < 4.78 is 49.9. The fourth-order valence-electron chi connectivity index (χ4n) is 5.39. The van der Waals surface area contributed by atoms with Crippen molar-refractivity contribution in [2.75, 3.05) is 52.8 Å². The van der Waals surface area contributed by atoms with E-state index in [2.05, 4.69) is 10.3 Å². The van der Waals surface area contributed by atoms with Crippen LogP contribution >= 0.6 is 0 Å². The summed E-state index contributed by atoms with van der Waals surface area (Å²) in [4.78, 5) is 13.4. The van der Waals surface area contributed by atoms with Crippen LogP contribution in [0, 0.1) is 5.82 Å². The molecule has 18 nitrogen and oxygen atoms in total. The van der Waals surface area contributed by atoms with E-state index >= 15 is 0 Å². The van der Waals surface area contributed by atoms with Crippen molar-refractivity contribution < 1.29 is 73.4 Å².